The summed E-state index contributed by atoms with van der Waals surface area (Å²) in [5.41, 5.74) is 3.33. The summed E-state index contributed by atoms with van der Waals surface area (Å²) in [4.78, 5) is 12.0. The van der Waals surface area contributed by atoms with Gasteiger partial charge in [0.2, 0.25) is 15.9 Å². The van der Waals surface area contributed by atoms with Crippen molar-refractivity contribution in [2.75, 3.05) is 6.54 Å². The second-order valence-corrected chi connectivity index (χ2v) is 7.28. The van der Waals surface area contributed by atoms with Crippen LogP contribution in [0.25, 0.3) is 0 Å². The SMILES string of the molecule is Cc1ccccc1CCC(=O)NCCc1ccc(S(N)(=O)=O)cc1. The van der Waals surface area contributed by atoms with Gasteiger partial charge in [-0.1, -0.05) is 36.4 Å². The molecule has 0 spiro atoms. The zero-order valence-electron chi connectivity index (χ0n) is 13.7. The lowest BCUT2D eigenvalue weighted by Gasteiger charge is -2.07. The van der Waals surface area contributed by atoms with E-state index in [1.165, 1.54) is 23.3 Å². The number of rotatable bonds is 7. The Hall–Kier alpha value is -2.18. The van der Waals surface area contributed by atoms with E-state index in [0.29, 0.717) is 19.4 Å². The molecule has 3 N–H and O–H groups in total. The monoisotopic (exact) mass is 346 g/mol. The summed E-state index contributed by atoms with van der Waals surface area (Å²) in [6.45, 7) is 2.56. The molecule has 0 atom stereocenters. The molecule has 0 heterocycles. The third-order valence-electron chi connectivity index (χ3n) is 3.87. The number of carbonyl (C=O) groups is 1. The number of hydrogen-bond acceptors (Lipinski definition) is 3. The molecule has 0 aromatic heterocycles. The van der Waals surface area contributed by atoms with Crippen molar-refractivity contribution in [2.24, 2.45) is 5.14 Å². The van der Waals surface area contributed by atoms with Gasteiger partial charge in [0.1, 0.15) is 0 Å². The highest BCUT2D eigenvalue weighted by Gasteiger charge is 2.07. The maximum Gasteiger partial charge on any atom is 0.238 e. The second-order valence-electron chi connectivity index (χ2n) is 5.72. The summed E-state index contributed by atoms with van der Waals surface area (Å²) in [6.07, 6.45) is 1.82. The highest BCUT2D eigenvalue weighted by Crippen LogP contribution is 2.10. The molecule has 0 bridgehead atoms. The van der Waals surface area contributed by atoms with Gasteiger partial charge in [-0.15, -0.1) is 0 Å². The number of nitrogens with two attached hydrogens (primary N) is 1. The predicted octanol–water partition coefficient (Wildman–Crippen LogP) is 1.93. The van der Waals surface area contributed by atoms with Crippen LogP contribution in [-0.2, 0) is 27.7 Å². The van der Waals surface area contributed by atoms with Gasteiger partial charge in [-0.05, 0) is 48.6 Å². The second kappa shape index (κ2) is 8.08. The summed E-state index contributed by atoms with van der Waals surface area (Å²) < 4.78 is 22.4. The van der Waals surface area contributed by atoms with Gasteiger partial charge in [0.25, 0.3) is 0 Å². The average Bonchev–Trinajstić information content (AvgIpc) is 2.54. The number of carbonyl (C=O) groups excluding carboxylic acids is 1. The number of aryl methyl sites for hydroxylation is 2. The van der Waals surface area contributed by atoms with Crippen LogP contribution in [0.15, 0.2) is 53.4 Å². The Kier molecular flexibility index (Phi) is 6.11. The van der Waals surface area contributed by atoms with E-state index >= 15 is 0 Å². The Balaban J connectivity index is 1.75. The molecule has 0 radical (unpaired) electrons. The fraction of sp³-hybridized carbons (Fsp3) is 0.278. The Morgan fingerprint density at radius 2 is 1.71 bits per heavy atom. The van der Waals surface area contributed by atoms with Gasteiger partial charge in [0.05, 0.1) is 4.90 Å². The van der Waals surface area contributed by atoms with Crippen LogP contribution in [0.5, 0.6) is 0 Å². The van der Waals surface area contributed by atoms with Crippen molar-refractivity contribution in [3.05, 3.63) is 65.2 Å². The molecule has 0 aliphatic heterocycles. The number of nitrogens with one attached hydrogen (secondary N) is 1. The Morgan fingerprint density at radius 3 is 2.33 bits per heavy atom. The number of sulfonamides is 1. The molecule has 0 saturated carbocycles. The molecule has 0 saturated heterocycles. The Morgan fingerprint density at radius 1 is 1.04 bits per heavy atom. The van der Waals surface area contributed by atoms with Crippen molar-refractivity contribution < 1.29 is 13.2 Å². The van der Waals surface area contributed by atoms with E-state index in [1.54, 1.807) is 12.1 Å². The lowest BCUT2D eigenvalue weighted by molar-refractivity contribution is -0.121. The molecular formula is C18H22N2O3S. The number of primary sulfonamides is 1. The smallest absolute Gasteiger partial charge is 0.238 e. The van der Waals surface area contributed by atoms with Crippen molar-refractivity contribution in [3.8, 4) is 0 Å². The Bertz CT molecular complexity index is 799. The van der Waals surface area contributed by atoms with Crippen molar-refractivity contribution in [1.82, 2.24) is 5.32 Å². The first kappa shape index (κ1) is 18.2. The predicted molar refractivity (Wildman–Crippen MR) is 94.0 cm³/mol. The van der Waals surface area contributed by atoms with E-state index in [2.05, 4.69) is 5.32 Å². The molecule has 6 heteroatoms. The largest absolute Gasteiger partial charge is 0.356 e. The van der Waals surface area contributed by atoms with Crippen LogP contribution in [0.3, 0.4) is 0 Å². The van der Waals surface area contributed by atoms with Gasteiger partial charge in [-0.2, -0.15) is 0 Å². The van der Waals surface area contributed by atoms with Crippen LogP contribution in [0.1, 0.15) is 23.1 Å². The topological polar surface area (TPSA) is 89.3 Å². The minimum Gasteiger partial charge on any atom is -0.356 e. The highest BCUT2D eigenvalue weighted by molar-refractivity contribution is 7.89. The molecule has 5 nitrogen and oxygen atoms in total. The van der Waals surface area contributed by atoms with Crippen LogP contribution in [0.2, 0.25) is 0 Å². The minimum absolute atomic E-state index is 0.0133. The van der Waals surface area contributed by atoms with Crippen LogP contribution in [0.4, 0.5) is 0 Å². The Labute approximate surface area is 142 Å². The first-order valence-electron chi connectivity index (χ1n) is 7.79. The van der Waals surface area contributed by atoms with Crippen LogP contribution < -0.4 is 10.5 Å². The van der Waals surface area contributed by atoms with Crippen LogP contribution in [-0.4, -0.2) is 20.9 Å². The summed E-state index contributed by atoms with van der Waals surface area (Å²) in [5, 5.41) is 7.94. The summed E-state index contributed by atoms with van der Waals surface area (Å²) in [7, 11) is -3.66. The van der Waals surface area contributed by atoms with Gasteiger partial charge >= 0.3 is 0 Å². The van der Waals surface area contributed by atoms with Crippen molar-refractivity contribution in [2.45, 2.75) is 31.1 Å². The first-order valence-corrected chi connectivity index (χ1v) is 9.34. The van der Waals surface area contributed by atoms with E-state index in [9.17, 15) is 13.2 Å². The number of amides is 1. The lowest BCUT2D eigenvalue weighted by atomic mass is 10.0. The normalized spacial score (nSPS) is 11.2. The molecule has 0 fully saturated rings. The molecule has 24 heavy (non-hydrogen) atoms. The van der Waals surface area contributed by atoms with Gasteiger partial charge in [0.15, 0.2) is 0 Å². The van der Waals surface area contributed by atoms with Gasteiger partial charge in [-0.25, -0.2) is 13.6 Å². The van der Waals surface area contributed by atoms with E-state index in [-0.39, 0.29) is 10.8 Å². The third kappa shape index (κ3) is 5.47. The third-order valence-corrected chi connectivity index (χ3v) is 4.80. The average molecular weight is 346 g/mol. The highest BCUT2D eigenvalue weighted by atomic mass is 32.2. The molecule has 0 aliphatic carbocycles. The van der Waals surface area contributed by atoms with Crippen molar-refractivity contribution in [1.29, 1.82) is 0 Å². The van der Waals surface area contributed by atoms with Gasteiger partial charge in [0, 0.05) is 13.0 Å². The van der Waals surface area contributed by atoms with Gasteiger partial charge in [-0.3, -0.25) is 4.79 Å². The zero-order valence-corrected chi connectivity index (χ0v) is 14.5. The molecule has 2 rings (SSSR count). The molecule has 1 amide bonds. The molecule has 2 aromatic carbocycles. The molecule has 128 valence electrons. The maximum absolute atomic E-state index is 11.9. The van der Waals surface area contributed by atoms with E-state index < -0.39 is 10.0 Å². The standard InChI is InChI=1S/C18H22N2O3S/c1-14-4-2-3-5-16(14)8-11-18(21)20-13-12-15-6-9-17(10-7-15)24(19,22)23/h2-7,9-10H,8,11-13H2,1H3,(H,20,21)(H2,19,22,23). The molecular weight excluding hydrogens is 324 g/mol. The molecule has 2 aromatic rings. The zero-order chi connectivity index (χ0) is 17.6. The summed E-state index contributed by atoms with van der Waals surface area (Å²) >= 11 is 0. The fourth-order valence-electron chi connectivity index (χ4n) is 2.42. The maximum atomic E-state index is 11.9. The van der Waals surface area contributed by atoms with Gasteiger partial charge < -0.3 is 5.32 Å². The first-order chi connectivity index (χ1) is 11.4. The lowest BCUT2D eigenvalue weighted by Crippen LogP contribution is -2.26. The quantitative estimate of drug-likeness (QED) is 0.803. The summed E-state index contributed by atoms with van der Waals surface area (Å²) in [6, 6.07) is 14.4. The van der Waals surface area contributed by atoms with Crippen molar-refractivity contribution >= 4 is 15.9 Å². The summed E-state index contributed by atoms with van der Waals surface area (Å²) in [5.74, 6) is 0.0133. The molecule has 0 unspecified atom stereocenters. The van der Waals surface area contributed by atoms with E-state index in [1.807, 2.05) is 31.2 Å². The number of benzene rings is 2. The minimum atomic E-state index is -3.66. The molecule has 0 aliphatic rings. The fourth-order valence-corrected chi connectivity index (χ4v) is 2.93. The van der Waals surface area contributed by atoms with E-state index in [4.69, 9.17) is 5.14 Å². The number of hydrogen-bond donors (Lipinski definition) is 2. The van der Waals surface area contributed by atoms with Crippen molar-refractivity contribution in [3.63, 3.8) is 0 Å². The van der Waals surface area contributed by atoms with Crippen LogP contribution >= 0.6 is 0 Å². The van der Waals surface area contributed by atoms with Crippen LogP contribution in [0, 0.1) is 6.92 Å². The van der Waals surface area contributed by atoms with E-state index in [0.717, 1.165) is 12.0 Å².